The molecule has 0 saturated carbocycles. The fourth-order valence-electron chi connectivity index (χ4n) is 1.91. The topological polar surface area (TPSA) is 41.0 Å². The Morgan fingerprint density at radius 2 is 1.92 bits per heavy atom. The van der Waals surface area contributed by atoms with Crippen LogP contribution >= 0.6 is 0 Å². The van der Waals surface area contributed by atoms with Crippen molar-refractivity contribution in [3.8, 4) is 0 Å². The third kappa shape index (κ3) is 1.42. The smallest absolute Gasteiger partial charge is 0.267 e. The van der Waals surface area contributed by atoms with Crippen molar-refractivity contribution in [2.75, 3.05) is 20.1 Å². The van der Waals surface area contributed by atoms with Crippen molar-refractivity contribution in [3.63, 3.8) is 0 Å². The van der Waals surface area contributed by atoms with Gasteiger partial charge in [-0.05, 0) is 13.5 Å². The predicted molar refractivity (Wildman–Crippen MR) is 50.9 cm³/mol. The maximum atomic E-state index is 11.4. The zero-order valence-corrected chi connectivity index (χ0v) is 8.13. The first-order chi connectivity index (χ1) is 6.18. The Morgan fingerprint density at radius 1 is 1.23 bits per heavy atom. The van der Waals surface area contributed by atoms with Crippen LogP contribution in [0.1, 0.15) is 11.3 Å². The Kier molecular flexibility index (Phi) is 2.00. The van der Waals surface area contributed by atoms with Gasteiger partial charge in [0.2, 0.25) is 0 Å². The van der Waals surface area contributed by atoms with E-state index in [1.165, 1.54) is 5.69 Å². The van der Waals surface area contributed by atoms with Crippen molar-refractivity contribution in [3.05, 3.63) is 21.6 Å². The third-order valence-corrected chi connectivity index (χ3v) is 2.77. The lowest BCUT2D eigenvalue weighted by Crippen LogP contribution is -2.22. The molecule has 0 radical (unpaired) electrons. The predicted octanol–water partition coefficient (Wildman–Crippen LogP) is -0.256. The number of nitrogens with zero attached hydrogens (tertiary/aromatic N) is 2. The van der Waals surface area contributed by atoms with Crippen LogP contribution in [0.5, 0.6) is 0 Å². The van der Waals surface area contributed by atoms with Gasteiger partial charge in [0.1, 0.15) is 0 Å². The average molecular weight is 181 g/mol. The lowest BCUT2D eigenvalue weighted by molar-refractivity contribution is 0.349. The number of fused-ring (bicyclic) bond motifs is 1. The highest BCUT2D eigenvalue weighted by atomic mass is 16.1. The maximum Gasteiger partial charge on any atom is 0.267 e. The van der Waals surface area contributed by atoms with Crippen LogP contribution in [0.25, 0.3) is 0 Å². The average Bonchev–Trinajstić information content (AvgIpc) is 2.27. The van der Waals surface area contributed by atoms with Crippen molar-refractivity contribution in [1.82, 2.24) is 14.7 Å². The van der Waals surface area contributed by atoms with E-state index in [2.05, 4.69) is 17.0 Å². The van der Waals surface area contributed by atoms with Crippen molar-refractivity contribution >= 4 is 0 Å². The molecule has 0 aliphatic carbocycles. The van der Waals surface area contributed by atoms with E-state index in [0.717, 1.165) is 31.5 Å². The molecule has 72 valence electrons. The molecule has 0 unspecified atom stereocenters. The van der Waals surface area contributed by atoms with Crippen molar-refractivity contribution in [2.45, 2.75) is 12.8 Å². The lowest BCUT2D eigenvalue weighted by atomic mass is 10.1. The molecule has 0 atom stereocenters. The van der Waals surface area contributed by atoms with E-state index in [-0.39, 0.29) is 5.56 Å². The molecule has 0 aromatic carbocycles. The van der Waals surface area contributed by atoms with Gasteiger partial charge >= 0.3 is 0 Å². The van der Waals surface area contributed by atoms with Gasteiger partial charge in [-0.3, -0.25) is 14.6 Å². The summed E-state index contributed by atoms with van der Waals surface area (Å²) in [5, 5.41) is 2.80. The van der Waals surface area contributed by atoms with E-state index in [1.54, 1.807) is 0 Å². The molecule has 0 amide bonds. The van der Waals surface area contributed by atoms with Gasteiger partial charge in [-0.1, -0.05) is 0 Å². The first-order valence-electron chi connectivity index (χ1n) is 4.64. The molecule has 1 aliphatic rings. The second-order valence-electron chi connectivity index (χ2n) is 3.73. The number of rotatable bonds is 0. The zero-order chi connectivity index (χ0) is 9.42. The number of aryl methyl sites for hydroxylation is 1. The molecule has 0 bridgehead atoms. The second-order valence-corrected chi connectivity index (χ2v) is 3.73. The number of aromatic amines is 1. The van der Waals surface area contributed by atoms with Crippen LogP contribution in [0.4, 0.5) is 0 Å². The zero-order valence-electron chi connectivity index (χ0n) is 8.13. The fraction of sp³-hybridized carbons (Fsp3) is 0.667. The third-order valence-electron chi connectivity index (χ3n) is 2.77. The highest BCUT2D eigenvalue weighted by molar-refractivity contribution is 5.20. The van der Waals surface area contributed by atoms with Gasteiger partial charge in [-0.15, -0.1) is 0 Å². The standard InChI is InChI=1S/C9H15N3O/c1-11-5-3-7-8(4-6-11)12(2)10-9(7)13/h3-6H2,1-2H3,(H,10,13). The summed E-state index contributed by atoms with van der Waals surface area (Å²) in [4.78, 5) is 13.7. The molecule has 13 heavy (non-hydrogen) atoms. The normalized spacial score (nSPS) is 18.3. The van der Waals surface area contributed by atoms with Gasteiger partial charge in [0.25, 0.3) is 5.56 Å². The Balaban J connectivity index is 2.42. The largest absolute Gasteiger partial charge is 0.306 e. The van der Waals surface area contributed by atoms with Gasteiger partial charge in [-0.2, -0.15) is 0 Å². The summed E-state index contributed by atoms with van der Waals surface area (Å²) in [5.41, 5.74) is 2.24. The molecule has 4 nitrogen and oxygen atoms in total. The first kappa shape index (κ1) is 8.56. The van der Waals surface area contributed by atoms with E-state index in [1.807, 2.05) is 11.7 Å². The van der Waals surface area contributed by atoms with Crippen LogP contribution in [0, 0.1) is 0 Å². The maximum absolute atomic E-state index is 11.4. The van der Waals surface area contributed by atoms with Gasteiger partial charge in [0.15, 0.2) is 0 Å². The summed E-state index contributed by atoms with van der Waals surface area (Å²) in [6.45, 7) is 2.03. The van der Waals surface area contributed by atoms with Crippen molar-refractivity contribution in [2.24, 2.45) is 7.05 Å². The minimum atomic E-state index is 0.0906. The van der Waals surface area contributed by atoms with Crippen LogP contribution in [-0.2, 0) is 19.9 Å². The van der Waals surface area contributed by atoms with Crippen molar-refractivity contribution < 1.29 is 0 Å². The Labute approximate surface area is 77.1 Å². The van der Waals surface area contributed by atoms with Crippen LogP contribution in [0.3, 0.4) is 0 Å². The van der Waals surface area contributed by atoms with E-state index in [0.29, 0.717) is 0 Å². The second kappa shape index (κ2) is 3.03. The minimum Gasteiger partial charge on any atom is -0.306 e. The van der Waals surface area contributed by atoms with Crippen LogP contribution in [0.15, 0.2) is 4.79 Å². The van der Waals surface area contributed by atoms with E-state index < -0.39 is 0 Å². The van der Waals surface area contributed by atoms with Crippen LogP contribution in [-0.4, -0.2) is 34.8 Å². The monoisotopic (exact) mass is 181 g/mol. The summed E-state index contributed by atoms with van der Waals surface area (Å²) >= 11 is 0. The lowest BCUT2D eigenvalue weighted by Gasteiger charge is -2.11. The number of nitrogens with one attached hydrogen (secondary N) is 1. The molecular formula is C9H15N3O. The van der Waals surface area contributed by atoms with Gasteiger partial charge in [-0.25, -0.2) is 0 Å². The van der Waals surface area contributed by atoms with E-state index >= 15 is 0 Å². The van der Waals surface area contributed by atoms with Crippen molar-refractivity contribution in [1.29, 1.82) is 0 Å². The Hall–Kier alpha value is -1.03. The molecule has 1 aliphatic heterocycles. The number of likely N-dealkylation sites (N-methyl/N-ethyl adjacent to an activating group) is 1. The molecule has 1 aromatic heterocycles. The summed E-state index contributed by atoms with van der Waals surface area (Å²) in [5.74, 6) is 0. The number of hydrogen-bond acceptors (Lipinski definition) is 2. The highest BCUT2D eigenvalue weighted by Crippen LogP contribution is 2.09. The Bertz CT molecular complexity index is 363. The number of aromatic nitrogens is 2. The molecule has 0 spiro atoms. The summed E-state index contributed by atoms with van der Waals surface area (Å²) < 4.78 is 1.86. The summed E-state index contributed by atoms with van der Waals surface area (Å²) in [7, 11) is 4.01. The molecule has 0 fully saturated rings. The van der Waals surface area contributed by atoms with Gasteiger partial charge in [0.05, 0.1) is 0 Å². The van der Waals surface area contributed by atoms with Gasteiger partial charge in [0, 0.05) is 37.8 Å². The Morgan fingerprint density at radius 3 is 2.69 bits per heavy atom. The van der Waals surface area contributed by atoms with Crippen LogP contribution in [0.2, 0.25) is 0 Å². The molecule has 0 saturated heterocycles. The van der Waals surface area contributed by atoms with Gasteiger partial charge < -0.3 is 4.90 Å². The first-order valence-corrected chi connectivity index (χ1v) is 4.64. The van der Waals surface area contributed by atoms with E-state index in [4.69, 9.17) is 0 Å². The number of hydrogen-bond donors (Lipinski definition) is 1. The minimum absolute atomic E-state index is 0.0906. The van der Waals surface area contributed by atoms with Crippen LogP contribution < -0.4 is 5.56 Å². The highest BCUT2D eigenvalue weighted by Gasteiger charge is 2.17. The van der Waals surface area contributed by atoms with E-state index in [9.17, 15) is 4.79 Å². The molecule has 4 heteroatoms. The quantitative estimate of drug-likeness (QED) is 0.599. The molecular weight excluding hydrogens is 166 g/mol. The molecule has 2 rings (SSSR count). The molecule has 2 heterocycles. The molecule has 1 N–H and O–H groups in total. The fourth-order valence-corrected chi connectivity index (χ4v) is 1.91. The summed E-state index contributed by atoms with van der Waals surface area (Å²) in [6, 6.07) is 0. The molecule has 1 aromatic rings. The number of H-pyrrole nitrogens is 1. The SMILES string of the molecule is CN1CCc2c(n(C)[nH]c2=O)CC1. The summed E-state index contributed by atoms with van der Waals surface area (Å²) in [6.07, 6.45) is 1.85.